The van der Waals surface area contributed by atoms with E-state index in [4.69, 9.17) is 14.6 Å². The number of carbonyl (C=O) groups excluding carboxylic acids is 1. The van der Waals surface area contributed by atoms with Crippen molar-refractivity contribution in [3.8, 4) is 16.9 Å². The molecule has 1 aromatic heterocycles. The number of benzene rings is 3. The molecule has 0 aliphatic carbocycles. The highest BCUT2D eigenvalue weighted by atomic mass is 19.4. The van der Waals surface area contributed by atoms with Crippen molar-refractivity contribution in [2.45, 2.75) is 31.3 Å². The zero-order valence-electron chi connectivity index (χ0n) is 22.8. The molecule has 0 saturated heterocycles. The molecule has 4 aromatic rings. The molecule has 0 amide bonds. The number of nitrogens with zero attached hydrogens (tertiary/aromatic N) is 1. The summed E-state index contributed by atoms with van der Waals surface area (Å²) in [5.74, 6) is -0.618. The first-order chi connectivity index (χ1) is 20.1. The Morgan fingerprint density at radius 1 is 1.00 bits per heavy atom. The van der Waals surface area contributed by atoms with Gasteiger partial charge in [0.2, 0.25) is 0 Å². The molecule has 0 bridgehead atoms. The molecule has 8 nitrogen and oxygen atoms in total. The number of phenols is 1. The van der Waals surface area contributed by atoms with E-state index in [-0.39, 0.29) is 23.9 Å². The van der Waals surface area contributed by atoms with Gasteiger partial charge in [-0.15, -0.1) is 0 Å². The van der Waals surface area contributed by atoms with Crippen LogP contribution in [-0.4, -0.2) is 65.3 Å². The van der Waals surface area contributed by atoms with Gasteiger partial charge in [-0.2, -0.15) is 13.2 Å². The second-order valence-corrected chi connectivity index (χ2v) is 9.81. The molecule has 2 atom stereocenters. The van der Waals surface area contributed by atoms with E-state index in [0.29, 0.717) is 40.8 Å². The van der Waals surface area contributed by atoms with Crippen molar-refractivity contribution in [3.63, 3.8) is 0 Å². The molecular formula is C31H31F3N2O6. The fourth-order valence-corrected chi connectivity index (χ4v) is 4.45. The number of aliphatic hydroxyl groups excluding tert-OH is 2. The van der Waals surface area contributed by atoms with Crippen molar-refractivity contribution in [3.05, 3.63) is 95.2 Å². The Labute approximate surface area is 240 Å². The summed E-state index contributed by atoms with van der Waals surface area (Å²) in [6.45, 7) is -0.413. The number of halogens is 3. The molecule has 0 spiro atoms. The lowest BCUT2D eigenvalue weighted by atomic mass is 9.98. The molecule has 0 fully saturated rings. The monoisotopic (exact) mass is 584 g/mol. The first kappa shape index (κ1) is 30.9. The number of pyridine rings is 1. The maximum Gasteiger partial charge on any atom is 0.416 e. The van der Waals surface area contributed by atoms with Gasteiger partial charge in [0.1, 0.15) is 18.5 Å². The van der Waals surface area contributed by atoms with Gasteiger partial charge in [0.05, 0.1) is 35.6 Å². The third kappa shape index (κ3) is 8.04. The van der Waals surface area contributed by atoms with Gasteiger partial charge in [0.25, 0.3) is 0 Å². The average Bonchev–Trinajstić information content (AvgIpc) is 2.98. The minimum atomic E-state index is -4.51. The van der Waals surface area contributed by atoms with E-state index in [2.05, 4.69) is 10.3 Å². The predicted octanol–water partition coefficient (Wildman–Crippen LogP) is 4.48. The number of nitrogens with one attached hydrogen (secondary N) is 1. The first-order valence-corrected chi connectivity index (χ1v) is 13.1. The highest BCUT2D eigenvalue weighted by molar-refractivity contribution is 6.04. The highest BCUT2D eigenvalue weighted by Crippen LogP contribution is 2.33. The molecule has 1 unspecified atom stereocenters. The van der Waals surface area contributed by atoms with Crippen LogP contribution in [0.5, 0.6) is 5.75 Å². The summed E-state index contributed by atoms with van der Waals surface area (Å²) >= 11 is 0. The topological polar surface area (TPSA) is 121 Å². The van der Waals surface area contributed by atoms with E-state index < -0.39 is 37.0 Å². The van der Waals surface area contributed by atoms with E-state index in [1.54, 1.807) is 43.5 Å². The predicted molar refractivity (Wildman–Crippen MR) is 150 cm³/mol. The van der Waals surface area contributed by atoms with Crippen LogP contribution in [0.3, 0.4) is 0 Å². The zero-order valence-corrected chi connectivity index (χ0v) is 22.8. The van der Waals surface area contributed by atoms with Gasteiger partial charge in [-0.1, -0.05) is 30.3 Å². The minimum absolute atomic E-state index is 0.109. The van der Waals surface area contributed by atoms with Gasteiger partial charge >= 0.3 is 12.1 Å². The van der Waals surface area contributed by atoms with Gasteiger partial charge in [-0.3, -0.25) is 4.98 Å². The summed E-state index contributed by atoms with van der Waals surface area (Å²) in [5, 5.41) is 32.0. The van der Waals surface area contributed by atoms with Crippen molar-refractivity contribution in [1.82, 2.24) is 10.3 Å². The Balaban J connectivity index is 1.66. The number of alkyl halides is 3. The Bertz CT molecular complexity index is 1510. The first-order valence-electron chi connectivity index (χ1n) is 13.1. The van der Waals surface area contributed by atoms with Crippen LogP contribution in [-0.2, 0) is 28.6 Å². The number of aliphatic hydroxyl groups is 2. The van der Waals surface area contributed by atoms with E-state index in [1.807, 2.05) is 12.1 Å². The van der Waals surface area contributed by atoms with Crippen LogP contribution in [0.25, 0.3) is 22.0 Å². The summed E-state index contributed by atoms with van der Waals surface area (Å²) in [6.07, 6.45) is -5.18. The fraction of sp³-hybridized carbons (Fsp3) is 0.290. The second kappa shape index (κ2) is 13.8. The summed E-state index contributed by atoms with van der Waals surface area (Å²) in [7, 11) is 1.58. The van der Waals surface area contributed by atoms with Gasteiger partial charge in [-0.25, -0.2) is 4.79 Å². The number of hydrogen-bond donors (Lipinski definition) is 4. The van der Waals surface area contributed by atoms with Crippen LogP contribution in [0.4, 0.5) is 13.2 Å². The SMILES string of the molecule is COC[C@H](Cc1ccc(O)cc1)NCc1cc(C(=O)OCC(O)CO)c2cc(-c3cccc(C(F)(F)F)c3)ccc2n1. The maximum atomic E-state index is 13.3. The molecule has 4 N–H and O–H groups in total. The molecule has 0 radical (unpaired) electrons. The summed E-state index contributed by atoms with van der Waals surface area (Å²) in [4.78, 5) is 17.8. The molecule has 42 heavy (non-hydrogen) atoms. The molecule has 3 aromatic carbocycles. The normalized spacial score (nSPS) is 13.2. The quantitative estimate of drug-likeness (QED) is 0.180. The number of aromatic nitrogens is 1. The number of carbonyl (C=O) groups is 1. The number of aromatic hydroxyl groups is 1. The zero-order chi connectivity index (χ0) is 30.3. The Morgan fingerprint density at radius 2 is 1.74 bits per heavy atom. The van der Waals surface area contributed by atoms with Crippen molar-refractivity contribution in [1.29, 1.82) is 0 Å². The summed E-state index contributed by atoms with van der Waals surface area (Å²) < 4.78 is 50.5. The Morgan fingerprint density at radius 3 is 2.43 bits per heavy atom. The fourth-order valence-electron chi connectivity index (χ4n) is 4.45. The number of ether oxygens (including phenoxy) is 2. The van der Waals surface area contributed by atoms with Crippen LogP contribution in [0.1, 0.15) is 27.2 Å². The number of fused-ring (bicyclic) bond motifs is 1. The second-order valence-electron chi connectivity index (χ2n) is 9.81. The molecular weight excluding hydrogens is 553 g/mol. The third-order valence-corrected chi connectivity index (χ3v) is 6.58. The van der Waals surface area contributed by atoms with Crippen molar-refractivity contribution < 1.29 is 42.8 Å². The largest absolute Gasteiger partial charge is 0.508 e. The van der Waals surface area contributed by atoms with E-state index in [9.17, 15) is 28.2 Å². The van der Waals surface area contributed by atoms with Gasteiger partial charge in [0.15, 0.2) is 0 Å². The number of methoxy groups -OCH3 is 1. The molecule has 0 aliphatic rings. The van der Waals surface area contributed by atoms with Crippen molar-refractivity contribution in [2.24, 2.45) is 0 Å². The molecule has 0 saturated carbocycles. The summed E-state index contributed by atoms with van der Waals surface area (Å²) in [6, 6.07) is 17.9. The molecule has 222 valence electrons. The average molecular weight is 585 g/mol. The maximum absolute atomic E-state index is 13.3. The third-order valence-electron chi connectivity index (χ3n) is 6.58. The smallest absolute Gasteiger partial charge is 0.416 e. The minimum Gasteiger partial charge on any atom is -0.508 e. The van der Waals surface area contributed by atoms with E-state index >= 15 is 0 Å². The molecule has 0 aliphatic heterocycles. The van der Waals surface area contributed by atoms with Gasteiger partial charge in [-0.05, 0) is 65.6 Å². The number of phenolic OH excluding ortho intramolecular Hbond substituents is 1. The highest BCUT2D eigenvalue weighted by Gasteiger charge is 2.30. The molecule has 11 heteroatoms. The Kier molecular flexibility index (Phi) is 10.1. The molecule has 4 rings (SSSR count). The summed E-state index contributed by atoms with van der Waals surface area (Å²) in [5.41, 5.74) is 1.96. The number of hydrogen-bond acceptors (Lipinski definition) is 8. The lowest BCUT2D eigenvalue weighted by Gasteiger charge is -2.19. The van der Waals surface area contributed by atoms with Crippen molar-refractivity contribution in [2.75, 3.05) is 26.9 Å². The molecule has 1 heterocycles. The Hall–Kier alpha value is -4.03. The van der Waals surface area contributed by atoms with Crippen LogP contribution in [0.2, 0.25) is 0 Å². The van der Waals surface area contributed by atoms with E-state index in [1.165, 1.54) is 12.1 Å². The lowest BCUT2D eigenvalue weighted by Crippen LogP contribution is -2.35. The van der Waals surface area contributed by atoms with Gasteiger partial charge in [0, 0.05) is 25.1 Å². The standard InChI is InChI=1S/C31H31F3N2O6/c1-41-17-24(11-19-5-8-25(38)9-6-19)35-15-23-14-28(30(40)42-18-26(39)16-37)27-13-21(7-10-29(27)36-23)20-3-2-4-22(12-20)31(32,33)34/h2-10,12-14,24,26,35,37-39H,11,15-18H2,1H3/t24-,26?/m0/s1. The van der Waals surface area contributed by atoms with Crippen LogP contribution >= 0.6 is 0 Å². The number of rotatable bonds is 12. The van der Waals surface area contributed by atoms with Crippen LogP contribution in [0, 0.1) is 0 Å². The van der Waals surface area contributed by atoms with Crippen molar-refractivity contribution >= 4 is 16.9 Å². The lowest BCUT2D eigenvalue weighted by molar-refractivity contribution is -0.137. The van der Waals surface area contributed by atoms with Crippen LogP contribution < -0.4 is 5.32 Å². The van der Waals surface area contributed by atoms with Gasteiger partial charge < -0.3 is 30.1 Å². The van der Waals surface area contributed by atoms with Crippen LogP contribution in [0.15, 0.2) is 72.8 Å². The number of esters is 1. The van der Waals surface area contributed by atoms with E-state index in [0.717, 1.165) is 17.7 Å².